The number of hydrogen-bond acceptors (Lipinski definition) is 3. The van der Waals surface area contributed by atoms with Crippen LogP contribution in [0.15, 0.2) is 6.07 Å². The number of anilines is 1. The fraction of sp³-hybridized carbons (Fsp3) is 0.500. The molecule has 5 heteroatoms. The Labute approximate surface area is 75.2 Å². The summed E-state index contributed by atoms with van der Waals surface area (Å²) in [5.41, 5.74) is 0.635. The molecule has 13 heavy (non-hydrogen) atoms. The molecular formula is C8H11N3O2. The minimum atomic E-state index is -0.846. The summed E-state index contributed by atoms with van der Waals surface area (Å²) < 4.78 is 0. The number of hydrogen-bond donors (Lipinski definition) is 3. The second-order valence-electron chi connectivity index (χ2n) is 3.27. The Hall–Kier alpha value is -1.52. The molecule has 2 rings (SSSR count). The number of rotatable bonds is 4. The van der Waals surface area contributed by atoms with Gasteiger partial charge in [0.05, 0.1) is 6.42 Å². The SMILES string of the molecule is O=C(O)Cc1cc(NC2CC2)n[nH]1. The molecule has 1 aromatic rings. The number of carbonyl (C=O) groups is 1. The van der Waals surface area contributed by atoms with Crippen molar-refractivity contribution in [1.29, 1.82) is 0 Å². The lowest BCUT2D eigenvalue weighted by atomic mass is 10.3. The molecule has 5 nitrogen and oxygen atoms in total. The van der Waals surface area contributed by atoms with E-state index in [9.17, 15) is 4.79 Å². The summed E-state index contributed by atoms with van der Waals surface area (Å²) in [7, 11) is 0. The highest BCUT2D eigenvalue weighted by Gasteiger charge is 2.21. The van der Waals surface area contributed by atoms with Gasteiger partial charge in [0.1, 0.15) is 5.82 Å². The van der Waals surface area contributed by atoms with Crippen LogP contribution in [0.4, 0.5) is 5.82 Å². The van der Waals surface area contributed by atoms with E-state index >= 15 is 0 Å². The summed E-state index contributed by atoms with van der Waals surface area (Å²) in [6.07, 6.45) is 2.36. The van der Waals surface area contributed by atoms with Crippen molar-refractivity contribution in [3.63, 3.8) is 0 Å². The maximum absolute atomic E-state index is 10.3. The Morgan fingerprint density at radius 3 is 3.15 bits per heavy atom. The minimum Gasteiger partial charge on any atom is -0.481 e. The van der Waals surface area contributed by atoms with Crippen LogP contribution in [-0.4, -0.2) is 27.3 Å². The molecule has 0 aliphatic heterocycles. The van der Waals surface area contributed by atoms with Crippen molar-refractivity contribution < 1.29 is 9.90 Å². The first-order valence-electron chi connectivity index (χ1n) is 4.26. The molecule has 0 spiro atoms. The summed E-state index contributed by atoms with van der Waals surface area (Å²) in [4.78, 5) is 10.3. The topological polar surface area (TPSA) is 78.0 Å². The third-order valence-corrected chi connectivity index (χ3v) is 1.90. The largest absolute Gasteiger partial charge is 0.481 e. The molecule has 1 heterocycles. The summed E-state index contributed by atoms with van der Waals surface area (Å²) in [5, 5.41) is 18.3. The highest BCUT2D eigenvalue weighted by atomic mass is 16.4. The van der Waals surface area contributed by atoms with Crippen LogP contribution in [0.25, 0.3) is 0 Å². The van der Waals surface area contributed by atoms with E-state index in [4.69, 9.17) is 5.11 Å². The predicted octanol–water partition coefficient (Wildman–Crippen LogP) is 0.611. The summed E-state index contributed by atoms with van der Waals surface area (Å²) in [6, 6.07) is 2.29. The molecule has 1 aliphatic rings. The third kappa shape index (κ3) is 2.21. The second kappa shape index (κ2) is 3.08. The number of nitrogens with one attached hydrogen (secondary N) is 2. The van der Waals surface area contributed by atoms with Crippen molar-refractivity contribution >= 4 is 11.8 Å². The first kappa shape index (κ1) is 8.10. The normalized spacial score (nSPS) is 15.7. The van der Waals surface area contributed by atoms with Gasteiger partial charge in [-0.2, -0.15) is 5.10 Å². The van der Waals surface area contributed by atoms with Crippen LogP contribution in [0.5, 0.6) is 0 Å². The molecule has 1 aliphatic carbocycles. The Bertz CT molecular complexity index is 317. The van der Waals surface area contributed by atoms with Crippen molar-refractivity contribution in [2.45, 2.75) is 25.3 Å². The van der Waals surface area contributed by atoms with Crippen LogP contribution in [0.1, 0.15) is 18.5 Å². The zero-order chi connectivity index (χ0) is 9.26. The molecule has 0 aromatic carbocycles. The van der Waals surface area contributed by atoms with Crippen molar-refractivity contribution in [2.24, 2.45) is 0 Å². The quantitative estimate of drug-likeness (QED) is 0.636. The molecule has 0 radical (unpaired) electrons. The molecule has 0 bridgehead atoms. The smallest absolute Gasteiger partial charge is 0.309 e. The van der Waals surface area contributed by atoms with Crippen LogP contribution in [0.3, 0.4) is 0 Å². The molecule has 0 atom stereocenters. The number of aromatic amines is 1. The lowest BCUT2D eigenvalue weighted by Crippen LogP contribution is -2.00. The van der Waals surface area contributed by atoms with Crippen LogP contribution in [-0.2, 0) is 11.2 Å². The molecule has 1 saturated carbocycles. The molecule has 0 saturated heterocycles. The van der Waals surface area contributed by atoms with E-state index in [2.05, 4.69) is 15.5 Å². The zero-order valence-corrected chi connectivity index (χ0v) is 7.08. The van der Waals surface area contributed by atoms with Gasteiger partial charge in [-0.05, 0) is 12.8 Å². The van der Waals surface area contributed by atoms with Crippen LogP contribution in [0, 0.1) is 0 Å². The van der Waals surface area contributed by atoms with Gasteiger partial charge in [-0.3, -0.25) is 9.89 Å². The van der Waals surface area contributed by atoms with E-state index < -0.39 is 5.97 Å². The standard InChI is InChI=1S/C8H11N3O2/c12-8(13)4-6-3-7(11-10-6)9-5-1-2-5/h3,5H,1-2,4H2,(H,12,13)(H2,9,10,11). The van der Waals surface area contributed by atoms with Crippen molar-refractivity contribution in [3.8, 4) is 0 Å². The fourth-order valence-electron chi connectivity index (χ4n) is 1.13. The van der Waals surface area contributed by atoms with Crippen molar-refractivity contribution in [2.75, 3.05) is 5.32 Å². The lowest BCUT2D eigenvalue weighted by molar-refractivity contribution is -0.136. The molecule has 1 aromatic heterocycles. The number of aliphatic carboxylic acids is 1. The summed E-state index contributed by atoms with van der Waals surface area (Å²) in [6.45, 7) is 0. The highest BCUT2D eigenvalue weighted by molar-refractivity contribution is 5.69. The Balaban J connectivity index is 1.95. The van der Waals surface area contributed by atoms with Gasteiger partial charge in [0, 0.05) is 17.8 Å². The van der Waals surface area contributed by atoms with E-state index in [0.717, 1.165) is 5.82 Å². The Kier molecular flexibility index (Phi) is 1.92. The second-order valence-corrected chi connectivity index (χ2v) is 3.27. The van der Waals surface area contributed by atoms with E-state index in [1.165, 1.54) is 12.8 Å². The van der Waals surface area contributed by atoms with Crippen molar-refractivity contribution in [1.82, 2.24) is 10.2 Å². The Morgan fingerprint density at radius 2 is 2.54 bits per heavy atom. The highest BCUT2D eigenvalue weighted by Crippen LogP contribution is 2.23. The average Bonchev–Trinajstić information content (AvgIpc) is 2.73. The van der Waals surface area contributed by atoms with Crippen LogP contribution < -0.4 is 5.32 Å². The van der Waals surface area contributed by atoms with E-state index in [-0.39, 0.29) is 6.42 Å². The maximum atomic E-state index is 10.3. The van der Waals surface area contributed by atoms with Gasteiger partial charge in [0.25, 0.3) is 0 Å². The number of nitrogens with zero attached hydrogens (tertiary/aromatic N) is 1. The number of H-pyrrole nitrogens is 1. The molecule has 0 amide bonds. The first-order valence-corrected chi connectivity index (χ1v) is 4.26. The van der Waals surface area contributed by atoms with Crippen LogP contribution >= 0.6 is 0 Å². The van der Waals surface area contributed by atoms with E-state index in [0.29, 0.717) is 11.7 Å². The first-order chi connectivity index (χ1) is 6.24. The van der Waals surface area contributed by atoms with Gasteiger partial charge in [0.2, 0.25) is 0 Å². The van der Waals surface area contributed by atoms with Gasteiger partial charge >= 0.3 is 5.97 Å². The van der Waals surface area contributed by atoms with Crippen LogP contribution in [0.2, 0.25) is 0 Å². The van der Waals surface area contributed by atoms with E-state index in [1.54, 1.807) is 6.07 Å². The van der Waals surface area contributed by atoms with Gasteiger partial charge < -0.3 is 10.4 Å². The van der Waals surface area contributed by atoms with E-state index in [1.807, 2.05) is 0 Å². The number of carboxylic acid groups (broad SMARTS) is 1. The predicted molar refractivity (Wildman–Crippen MR) is 46.6 cm³/mol. The molecular weight excluding hydrogens is 170 g/mol. The maximum Gasteiger partial charge on any atom is 0.309 e. The number of carboxylic acids is 1. The fourth-order valence-corrected chi connectivity index (χ4v) is 1.13. The van der Waals surface area contributed by atoms with Crippen molar-refractivity contribution in [3.05, 3.63) is 11.8 Å². The monoisotopic (exact) mass is 181 g/mol. The Morgan fingerprint density at radius 1 is 1.77 bits per heavy atom. The van der Waals surface area contributed by atoms with Gasteiger partial charge in [0.15, 0.2) is 0 Å². The summed E-state index contributed by atoms with van der Waals surface area (Å²) in [5.74, 6) is -0.0969. The molecule has 1 fully saturated rings. The lowest BCUT2D eigenvalue weighted by Gasteiger charge is -1.95. The average molecular weight is 181 g/mol. The van der Waals surface area contributed by atoms with Gasteiger partial charge in [-0.25, -0.2) is 0 Å². The summed E-state index contributed by atoms with van der Waals surface area (Å²) >= 11 is 0. The zero-order valence-electron chi connectivity index (χ0n) is 7.08. The van der Waals surface area contributed by atoms with Gasteiger partial charge in [-0.15, -0.1) is 0 Å². The minimum absolute atomic E-state index is 0.000648. The number of aromatic nitrogens is 2. The molecule has 70 valence electrons. The third-order valence-electron chi connectivity index (χ3n) is 1.90. The molecule has 3 N–H and O–H groups in total. The van der Waals surface area contributed by atoms with Gasteiger partial charge in [-0.1, -0.05) is 0 Å². The molecule has 0 unspecified atom stereocenters.